The van der Waals surface area contributed by atoms with Gasteiger partial charge in [-0.05, 0) is 11.1 Å². The van der Waals surface area contributed by atoms with Gasteiger partial charge in [-0.15, -0.1) is 0 Å². The maximum Gasteiger partial charge on any atom is 0.304 e. The largest absolute Gasteiger partial charge is 0.380 e. The zero-order valence-electron chi connectivity index (χ0n) is 10.2. The predicted molar refractivity (Wildman–Crippen MR) is 72.6 cm³/mol. The van der Waals surface area contributed by atoms with E-state index in [9.17, 15) is 4.79 Å². The van der Waals surface area contributed by atoms with Crippen molar-refractivity contribution in [1.82, 2.24) is 10.3 Å². The van der Waals surface area contributed by atoms with Gasteiger partial charge in [0, 0.05) is 31.3 Å². The summed E-state index contributed by atoms with van der Waals surface area (Å²) in [4.78, 5) is 13.7. The van der Waals surface area contributed by atoms with Gasteiger partial charge in [0.05, 0.1) is 6.61 Å². The Morgan fingerprint density at radius 3 is 2.89 bits per heavy atom. The Morgan fingerprint density at radius 2 is 2.17 bits per heavy atom. The van der Waals surface area contributed by atoms with E-state index in [4.69, 9.17) is 4.74 Å². The maximum atomic E-state index is 11.0. The first-order valence-corrected chi connectivity index (χ1v) is 6.60. The van der Waals surface area contributed by atoms with E-state index in [1.165, 1.54) is 22.5 Å². The van der Waals surface area contributed by atoms with E-state index in [1.54, 1.807) is 7.11 Å². The fraction of sp³-hybridized carbons (Fsp3) is 0.308. The van der Waals surface area contributed by atoms with Crippen LogP contribution in [0, 0.1) is 0 Å². The van der Waals surface area contributed by atoms with Crippen molar-refractivity contribution in [2.45, 2.75) is 19.7 Å². The Labute approximate surface area is 110 Å². The smallest absolute Gasteiger partial charge is 0.304 e. The van der Waals surface area contributed by atoms with Crippen LogP contribution in [-0.2, 0) is 24.4 Å². The van der Waals surface area contributed by atoms with E-state index in [-0.39, 0.29) is 4.87 Å². The molecule has 2 rings (SSSR count). The average molecular weight is 264 g/mol. The minimum atomic E-state index is -0.00566. The minimum absolute atomic E-state index is 0.00566. The molecule has 0 saturated heterocycles. The number of hydrogen-bond acceptors (Lipinski definition) is 4. The molecule has 0 aliphatic carbocycles. The van der Waals surface area contributed by atoms with Crippen LogP contribution in [0.5, 0.6) is 0 Å². The van der Waals surface area contributed by atoms with Gasteiger partial charge in [-0.2, -0.15) is 0 Å². The molecule has 0 fully saturated rings. The number of H-pyrrole nitrogens is 1. The third-order valence-electron chi connectivity index (χ3n) is 2.52. The fourth-order valence-corrected chi connectivity index (χ4v) is 2.32. The zero-order chi connectivity index (χ0) is 12.8. The van der Waals surface area contributed by atoms with Gasteiger partial charge in [-0.3, -0.25) is 4.79 Å². The molecule has 0 radical (unpaired) electrons. The van der Waals surface area contributed by atoms with Gasteiger partial charge in [0.25, 0.3) is 0 Å². The van der Waals surface area contributed by atoms with Crippen molar-refractivity contribution in [1.29, 1.82) is 0 Å². The molecule has 0 spiro atoms. The monoisotopic (exact) mass is 264 g/mol. The molecule has 0 unspecified atom stereocenters. The Bertz CT molecular complexity index is 548. The number of hydrogen-bond donors (Lipinski definition) is 2. The van der Waals surface area contributed by atoms with Crippen molar-refractivity contribution in [2.24, 2.45) is 0 Å². The first-order valence-electron chi connectivity index (χ1n) is 5.72. The second-order valence-electron chi connectivity index (χ2n) is 4.03. The molecule has 0 aliphatic heterocycles. The van der Waals surface area contributed by atoms with E-state index < -0.39 is 0 Å². The van der Waals surface area contributed by atoms with Crippen molar-refractivity contribution in [3.8, 4) is 0 Å². The molecule has 0 atom stereocenters. The van der Waals surface area contributed by atoms with Crippen LogP contribution in [0.3, 0.4) is 0 Å². The average Bonchev–Trinajstić information content (AvgIpc) is 2.76. The highest BCUT2D eigenvalue weighted by atomic mass is 32.1. The lowest BCUT2D eigenvalue weighted by molar-refractivity contribution is 0.185. The summed E-state index contributed by atoms with van der Waals surface area (Å²) in [5.74, 6) is 0. The van der Waals surface area contributed by atoms with Gasteiger partial charge < -0.3 is 15.0 Å². The molecule has 2 aromatic rings. The van der Waals surface area contributed by atoms with E-state index in [2.05, 4.69) is 22.4 Å². The van der Waals surface area contributed by atoms with Crippen LogP contribution in [0.1, 0.15) is 16.8 Å². The molecule has 1 aromatic heterocycles. The summed E-state index contributed by atoms with van der Waals surface area (Å²) >= 11 is 1.19. The third kappa shape index (κ3) is 3.80. The quantitative estimate of drug-likeness (QED) is 0.837. The summed E-state index contributed by atoms with van der Waals surface area (Å²) in [6.07, 6.45) is 0. The van der Waals surface area contributed by atoms with Crippen LogP contribution in [0.25, 0.3) is 0 Å². The molecule has 4 nitrogen and oxygen atoms in total. The third-order valence-corrected chi connectivity index (χ3v) is 3.24. The Hall–Kier alpha value is -1.43. The molecular formula is C13H16N2O2S. The van der Waals surface area contributed by atoms with Crippen LogP contribution >= 0.6 is 11.3 Å². The molecule has 1 aromatic carbocycles. The number of aromatic amines is 1. The lowest BCUT2D eigenvalue weighted by Gasteiger charge is -2.06. The SMILES string of the molecule is COCc1cccc(CNCc2csc(=O)[nH]2)c1. The molecule has 1 heterocycles. The molecular weight excluding hydrogens is 248 g/mol. The molecule has 0 bridgehead atoms. The molecule has 0 saturated carbocycles. The second-order valence-corrected chi connectivity index (χ2v) is 4.87. The topological polar surface area (TPSA) is 54.1 Å². The van der Waals surface area contributed by atoms with Crippen molar-refractivity contribution in [3.05, 3.63) is 56.1 Å². The van der Waals surface area contributed by atoms with E-state index >= 15 is 0 Å². The number of aromatic nitrogens is 1. The molecule has 0 amide bonds. The zero-order valence-corrected chi connectivity index (χ0v) is 11.0. The highest BCUT2D eigenvalue weighted by Crippen LogP contribution is 2.06. The summed E-state index contributed by atoms with van der Waals surface area (Å²) in [6.45, 7) is 2.08. The van der Waals surface area contributed by atoms with Crippen LogP contribution in [0.2, 0.25) is 0 Å². The summed E-state index contributed by atoms with van der Waals surface area (Å²) in [5, 5.41) is 5.14. The molecule has 0 aliphatic rings. The van der Waals surface area contributed by atoms with Crippen LogP contribution in [0.4, 0.5) is 0 Å². The first-order chi connectivity index (χ1) is 8.78. The number of methoxy groups -OCH3 is 1. The fourth-order valence-electron chi connectivity index (χ4n) is 1.74. The van der Waals surface area contributed by atoms with Crippen LogP contribution in [-0.4, -0.2) is 12.1 Å². The molecule has 2 N–H and O–H groups in total. The lowest BCUT2D eigenvalue weighted by atomic mass is 10.1. The molecule has 5 heteroatoms. The van der Waals surface area contributed by atoms with Gasteiger partial charge in [-0.1, -0.05) is 35.6 Å². The summed E-state index contributed by atoms with van der Waals surface area (Å²) in [5.41, 5.74) is 3.31. The highest BCUT2D eigenvalue weighted by molar-refractivity contribution is 7.07. The Morgan fingerprint density at radius 1 is 1.33 bits per heavy atom. The van der Waals surface area contributed by atoms with E-state index in [1.807, 2.05) is 17.5 Å². The van der Waals surface area contributed by atoms with Gasteiger partial charge in [0.1, 0.15) is 0 Å². The van der Waals surface area contributed by atoms with Gasteiger partial charge in [0.2, 0.25) is 0 Å². The number of thiazole rings is 1. The number of rotatable bonds is 6. The normalized spacial score (nSPS) is 10.7. The number of ether oxygens (including phenoxy) is 1. The predicted octanol–water partition coefficient (Wildman–Crippen LogP) is 1.87. The van der Waals surface area contributed by atoms with Crippen LogP contribution in [0.15, 0.2) is 34.4 Å². The number of benzene rings is 1. The second kappa shape index (κ2) is 6.49. The van der Waals surface area contributed by atoms with Crippen molar-refractivity contribution in [2.75, 3.05) is 7.11 Å². The minimum Gasteiger partial charge on any atom is -0.380 e. The Kier molecular flexibility index (Phi) is 4.69. The number of nitrogens with one attached hydrogen (secondary N) is 2. The highest BCUT2D eigenvalue weighted by Gasteiger charge is 1.98. The van der Waals surface area contributed by atoms with Gasteiger partial charge >= 0.3 is 4.87 Å². The van der Waals surface area contributed by atoms with Gasteiger partial charge in [0.15, 0.2) is 0 Å². The maximum absolute atomic E-state index is 11.0. The summed E-state index contributed by atoms with van der Waals surface area (Å²) in [7, 11) is 1.69. The van der Waals surface area contributed by atoms with Crippen molar-refractivity contribution >= 4 is 11.3 Å². The summed E-state index contributed by atoms with van der Waals surface area (Å²) < 4.78 is 5.10. The van der Waals surface area contributed by atoms with E-state index in [0.717, 1.165) is 12.2 Å². The first kappa shape index (κ1) is 13.0. The van der Waals surface area contributed by atoms with E-state index in [0.29, 0.717) is 13.2 Å². The van der Waals surface area contributed by atoms with Crippen LogP contribution < -0.4 is 10.2 Å². The van der Waals surface area contributed by atoms with Crippen molar-refractivity contribution in [3.63, 3.8) is 0 Å². The Balaban J connectivity index is 1.86. The molecule has 18 heavy (non-hydrogen) atoms. The summed E-state index contributed by atoms with van der Waals surface area (Å²) in [6, 6.07) is 8.26. The standard InChI is InChI=1S/C13H16N2O2S/c1-17-8-11-4-2-3-10(5-11)6-14-7-12-9-18-13(16)15-12/h2-5,9,14H,6-8H2,1H3,(H,15,16). The lowest BCUT2D eigenvalue weighted by Crippen LogP contribution is -2.13. The van der Waals surface area contributed by atoms with Gasteiger partial charge in [-0.25, -0.2) is 0 Å². The van der Waals surface area contributed by atoms with Crippen molar-refractivity contribution < 1.29 is 4.74 Å². The molecule has 96 valence electrons.